The zero-order chi connectivity index (χ0) is 21.7. The van der Waals surface area contributed by atoms with Gasteiger partial charge in [0.1, 0.15) is 0 Å². The number of hydrogen-bond acceptors (Lipinski definition) is 4. The summed E-state index contributed by atoms with van der Waals surface area (Å²) < 4.78 is 26.7. The number of hydrogen-bond donors (Lipinski definition) is 1. The second kappa shape index (κ2) is 9.77. The predicted octanol–water partition coefficient (Wildman–Crippen LogP) is 2.80. The van der Waals surface area contributed by atoms with Crippen LogP contribution in [0, 0.1) is 0 Å². The summed E-state index contributed by atoms with van der Waals surface area (Å²) in [5.41, 5.74) is 3.40. The summed E-state index contributed by atoms with van der Waals surface area (Å²) in [6.45, 7) is 2.18. The third-order valence-electron chi connectivity index (χ3n) is 6.00. The maximum atomic E-state index is 12.6. The molecule has 164 valence electrons. The van der Waals surface area contributed by atoms with E-state index < -0.39 is 10.0 Å². The Morgan fingerprint density at radius 3 is 2.48 bits per heavy atom. The molecule has 2 aliphatic rings. The van der Waals surface area contributed by atoms with Gasteiger partial charge in [0.25, 0.3) is 0 Å². The third kappa shape index (κ3) is 5.61. The lowest BCUT2D eigenvalue weighted by molar-refractivity contribution is -0.123. The maximum Gasteiger partial charge on any atom is 0.236 e. The lowest BCUT2D eigenvalue weighted by atomic mass is 9.88. The number of carbonyl (C=O) groups excluding carboxylic acids is 1. The number of carbonyl (C=O) groups is 1. The molecule has 1 N–H and O–H groups in total. The van der Waals surface area contributed by atoms with Crippen LogP contribution in [0.4, 0.5) is 0 Å². The summed E-state index contributed by atoms with van der Waals surface area (Å²) in [6.07, 6.45) is 4.73. The van der Waals surface area contributed by atoms with Gasteiger partial charge in [0.2, 0.25) is 15.9 Å². The highest BCUT2D eigenvalue weighted by Crippen LogP contribution is 2.29. The van der Waals surface area contributed by atoms with Crippen molar-refractivity contribution in [1.82, 2.24) is 14.5 Å². The van der Waals surface area contributed by atoms with E-state index in [0.29, 0.717) is 32.7 Å². The topological polar surface area (TPSA) is 69.7 Å². The summed E-state index contributed by atoms with van der Waals surface area (Å²) in [5.74, 6) is 0.00184. The first-order chi connectivity index (χ1) is 15.0. The molecule has 31 heavy (non-hydrogen) atoms. The second-order valence-electron chi connectivity index (χ2n) is 8.14. The molecule has 2 aromatic rings. The van der Waals surface area contributed by atoms with Crippen molar-refractivity contribution in [2.45, 2.75) is 25.3 Å². The van der Waals surface area contributed by atoms with Gasteiger partial charge in [-0.1, -0.05) is 54.6 Å². The Hall–Kier alpha value is -2.48. The molecule has 4 rings (SSSR count). The first kappa shape index (κ1) is 21.7. The smallest absolute Gasteiger partial charge is 0.236 e. The Morgan fingerprint density at radius 2 is 1.71 bits per heavy atom. The lowest BCUT2D eigenvalue weighted by Gasteiger charge is -2.33. The first-order valence-corrected chi connectivity index (χ1v) is 12.3. The van der Waals surface area contributed by atoms with E-state index in [2.05, 4.69) is 17.4 Å². The van der Waals surface area contributed by atoms with Gasteiger partial charge in [0.15, 0.2) is 0 Å². The molecule has 6 nitrogen and oxygen atoms in total. The van der Waals surface area contributed by atoms with Gasteiger partial charge in [-0.25, -0.2) is 8.42 Å². The van der Waals surface area contributed by atoms with Gasteiger partial charge in [-0.2, -0.15) is 4.31 Å². The monoisotopic (exact) mass is 439 g/mol. The summed E-state index contributed by atoms with van der Waals surface area (Å²) in [7, 11) is -3.46. The predicted molar refractivity (Wildman–Crippen MR) is 123 cm³/mol. The number of fused-ring (bicyclic) bond motifs is 1. The highest BCUT2D eigenvalue weighted by molar-refractivity contribution is 7.92. The standard InChI is InChI=1S/C24H29N3O3S/c28-24(25-23-12-6-10-21-9-4-5-11-22(21)23)19-26-14-16-27(17-15-26)31(29,30)18-13-20-7-2-1-3-8-20/h1-5,7-9,11,13,18,23H,6,10,12,14-17,19H2,(H,25,28)/b18-13-/t23-/m1/s1. The molecule has 0 unspecified atom stereocenters. The van der Waals surface area contributed by atoms with Gasteiger partial charge in [-0.3, -0.25) is 9.69 Å². The molecule has 1 aliphatic carbocycles. The van der Waals surface area contributed by atoms with Crippen LogP contribution < -0.4 is 5.32 Å². The minimum Gasteiger partial charge on any atom is -0.348 e. The minimum absolute atomic E-state index is 0.00184. The highest BCUT2D eigenvalue weighted by Gasteiger charge is 2.27. The molecule has 0 radical (unpaired) electrons. The van der Waals surface area contributed by atoms with Crippen LogP contribution in [-0.4, -0.2) is 56.3 Å². The normalized spacial score (nSPS) is 20.5. The van der Waals surface area contributed by atoms with Crippen molar-refractivity contribution in [3.05, 3.63) is 76.7 Å². The van der Waals surface area contributed by atoms with E-state index in [9.17, 15) is 13.2 Å². The highest BCUT2D eigenvalue weighted by atomic mass is 32.2. The van der Waals surface area contributed by atoms with E-state index in [1.54, 1.807) is 6.08 Å². The molecule has 0 aromatic heterocycles. The fourth-order valence-electron chi connectivity index (χ4n) is 4.30. The number of amides is 1. The van der Waals surface area contributed by atoms with Crippen LogP contribution >= 0.6 is 0 Å². The number of benzene rings is 2. The Kier molecular flexibility index (Phi) is 6.85. The molecule has 1 heterocycles. The van der Waals surface area contributed by atoms with Crippen LogP contribution in [0.25, 0.3) is 6.08 Å². The number of aryl methyl sites for hydroxylation is 1. The summed E-state index contributed by atoms with van der Waals surface area (Å²) in [4.78, 5) is 14.7. The molecule has 1 aliphatic heterocycles. The van der Waals surface area contributed by atoms with E-state index in [1.165, 1.54) is 20.8 Å². The average molecular weight is 440 g/mol. The van der Waals surface area contributed by atoms with Crippen molar-refractivity contribution in [2.24, 2.45) is 0 Å². The van der Waals surface area contributed by atoms with Crippen molar-refractivity contribution in [2.75, 3.05) is 32.7 Å². The van der Waals surface area contributed by atoms with Crippen molar-refractivity contribution in [3.8, 4) is 0 Å². The Morgan fingerprint density at radius 1 is 1.00 bits per heavy atom. The molecule has 0 spiro atoms. The SMILES string of the molecule is O=C(CN1CCN(S(=O)(=O)/C=C\c2ccccc2)CC1)N[C@@H]1CCCc2ccccc21. The van der Waals surface area contributed by atoms with Crippen molar-refractivity contribution in [3.63, 3.8) is 0 Å². The molecule has 1 fully saturated rings. The lowest BCUT2D eigenvalue weighted by Crippen LogP contribution is -2.51. The van der Waals surface area contributed by atoms with E-state index in [4.69, 9.17) is 0 Å². The zero-order valence-electron chi connectivity index (χ0n) is 17.6. The molecule has 1 amide bonds. The van der Waals surface area contributed by atoms with Crippen molar-refractivity contribution in [1.29, 1.82) is 0 Å². The molecule has 0 saturated carbocycles. The van der Waals surface area contributed by atoms with Crippen LogP contribution in [0.1, 0.15) is 35.6 Å². The quantitative estimate of drug-likeness (QED) is 0.752. The van der Waals surface area contributed by atoms with Crippen LogP contribution in [0.2, 0.25) is 0 Å². The Bertz CT molecular complexity index is 1030. The summed E-state index contributed by atoms with van der Waals surface area (Å²) >= 11 is 0. The van der Waals surface area contributed by atoms with Crippen LogP contribution in [0.5, 0.6) is 0 Å². The Balaban J connectivity index is 1.27. The number of sulfonamides is 1. The van der Waals surface area contributed by atoms with E-state index >= 15 is 0 Å². The van der Waals surface area contributed by atoms with E-state index in [1.807, 2.05) is 47.4 Å². The Labute approximate surface area is 184 Å². The first-order valence-electron chi connectivity index (χ1n) is 10.8. The van der Waals surface area contributed by atoms with Crippen LogP contribution in [-0.2, 0) is 21.2 Å². The van der Waals surface area contributed by atoms with Crippen LogP contribution in [0.15, 0.2) is 60.0 Å². The number of nitrogens with one attached hydrogen (secondary N) is 1. The maximum absolute atomic E-state index is 12.6. The largest absolute Gasteiger partial charge is 0.348 e. The van der Waals surface area contributed by atoms with Crippen molar-refractivity contribution < 1.29 is 13.2 Å². The summed E-state index contributed by atoms with van der Waals surface area (Å²) in [6, 6.07) is 17.8. The van der Waals surface area contributed by atoms with Crippen molar-refractivity contribution >= 4 is 22.0 Å². The minimum atomic E-state index is -3.46. The molecular weight excluding hydrogens is 410 g/mol. The zero-order valence-corrected chi connectivity index (χ0v) is 18.4. The number of rotatable bonds is 6. The average Bonchev–Trinajstić information content (AvgIpc) is 2.79. The van der Waals surface area contributed by atoms with Crippen LogP contribution in [0.3, 0.4) is 0 Å². The molecule has 0 bridgehead atoms. The molecule has 1 saturated heterocycles. The molecule has 2 aromatic carbocycles. The number of piperazine rings is 1. The van der Waals surface area contributed by atoms with E-state index in [0.717, 1.165) is 24.8 Å². The van der Waals surface area contributed by atoms with Gasteiger partial charge in [-0.15, -0.1) is 0 Å². The van der Waals surface area contributed by atoms with Gasteiger partial charge in [-0.05, 0) is 42.0 Å². The molecule has 1 atom stereocenters. The van der Waals surface area contributed by atoms with Gasteiger partial charge in [0.05, 0.1) is 12.6 Å². The second-order valence-corrected chi connectivity index (χ2v) is 9.96. The summed E-state index contributed by atoms with van der Waals surface area (Å²) in [5, 5.41) is 4.45. The fraction of sp³-hybridized carbons (Fsp3) is 0.375. The van der Waals surface area contributed by atoms with Gasteiger partial charge in [0, 0.05) is 31.6 Å². The van der Waals surface area contributed by atoms with Gasteiger partial charge < -0.3 is 5.32 Å². The van der Waals surface area contributed by atoms with Gasteiger partial charge >= 0.3 is 0 Å². The molecule has 7 heteroatoms. The molecular formula is C24H29N3O3S. The third-order valence-corrected chi connectivity index (χ3v) is 7.56. The fourth-order valence-corrected chi connectivity index (χ4v) is 5.48. The van der Waals surface area contributed by atoms with E-state index in [-0.39, 0.29) is 11.9 Å². The number of nitrogens with zero attached hydrogens (tertiary/aromatic N) is 2.